The highest BCUT2D eigenvalue weighted by atomic mass is 79.9. The van der Waals surface area contributed by atoms with Crippen LogP contribution in [0.25, 0.3) is 0 Å². The zero-order chi connectivity index (χ0) is 17.4. The minimum Gasteiger partial charge on any atom is -0.490 e. The molecule has 0 bridgehead atoms. The molecular formula is C18H17BrO5. The minimum absolute atomic E-state index is 0.273. The number of ketones is 1. The molecule has 0 aliphatic rings. The molecule has 2 rings (SSSR count). The van der Waals surface area contributed by atoms with Crippen molar-refractivity contribution in [3.8, 4) is 11.5 Å². The number of ether oxygens (including phenoxy) is 3. The van der Waals surface area contributed by atoms with Crippen molar-refractivity contribution in [3.05, 3.63) is 58.6 Å². The first-order valence-electron chi connectivity index (χ1n) is 7.39. The van der Waals surface area contributed by atoms with Crippen LogP contribution in [0.5, 0.6) is 11.5 Å². The highest BCUT2D eigenvalue weighted by Crippen LogP contribution is 2.26. The number of para-hydroxylation sites is 2. The molecule has 0 spiro atoms. The second kappa shape index (κ2) is 9.08. The highest BCUT2D eigenvalue weighted by molar-refractivity contribution is 9.10. The predicted molar refractivity (Wildman–Crippen MR) is 92.5 cm³/mol. The molecule has 0 heterocycles. The number of benzene rings is 2. The van der Waals surface area contributed by atoms with Crippen LogP contribution in [-0.4, -0.2) is 31.6 Å². The lowest BCUT2D eigenvalue weighted by atomic mass is 10.1. The van der Waals surface area contributed by atoms with Crippen LogP contribution in [0.2, 0.25) is 0 Å². The summed E-state index contributed by atoms with van der Waals surface area (Å²) in [5.74, 6) is 0.117. The fraction of sp³-hybridized carbons (Fsp3) is 0.222. The van der Waals surface area contributed by atoms with E-state index in [2.05, 4.69) is 15.9 Å². The molecule has 2 aromatic carbocycles. The summed E-state index contributed by atoms with van der Waals surface area (Å²) in [6, 6.07) is 13.9. The molecule has 5 nitrogen and oxygen atoms in total. The van der Waals surface area contributed by atoms with Gasteiger partial charge in [-0.2, -0.15) is 0 Å². The van der Waals surface area contributed by atoms with E-state index >= 15 is 0 Å². The van der Waals surface area contributed by atoms with E-state index in [1.165, 1.54) is 0 Å². The van der Waals surface area contributed by atoms with Crippen LogP contribution in [0.15, 0.2) is 53.0 Å². The number of carbonyl (C=O) groups is 2. The Kier molecular flexibility index (Phi) is 6.81. The molecule has 126 valence electrons. The molecule has 0 aliphatic carbocycles. The lowest BCUT2D eigenvalue weighted by Gasteiger charge is -2.11. The van der Waals surface area contributed by atoms with Crippen LogP contribution < -0.4 is 9.47 Å². The Labute approximate surface area is 148 Å². The Morgan fingerprint density at radius 3 is 2.17 bits per heavy atom. The number of carbonyl (C=O) groups excluding carboxylic acids is 2. The summed E-state index contributed by atoms with van der Waals surface area (Å²) >= 11 is 3.29. The molecule has 0 saturated heterocycles. The molecule has 0 aromatic heterocycles. The first-order chi connectivity index (χ1) is 11.6. The maximum absolute atomic E-state index is 11.9. The van der Waals surface area contributed by atoms with Crippen molar-refractivity contribution in [1.29, 1.82) is 0 Å². The van der Waals surface area contributed by atoms with Crippen LogP contribution >= 0.6 is 15.9 Å². The van der Waals surface area contributed by atoms with Gasteiger partial charge in [-0.05, 0) is 31.2 Å². The predicted octanol–water partition coefficient (Wildman–Crippen LogP) is 3.65. The van der Waals surface area contributed by atoms with Gasteiger partial charge in [0.1, 0.15) is 0 Å². The molecule has 2 aromatic rings. The van der Waals surface area contributed by atoms with Crippen LogP contribution in [0.1, 0.15) is 17.3 Å². The molecule has 0 aliphatic heterocycles. The quantitative estimate of drug-likeness (QED) is 0.506. The summed E-state index contributed by atoms with van der Waals surface area (Å²) in [7, 11) is 0. The summed E-state index contributed by atoms with van der Waals surface area (Å²) < 4.78 is 16.6. The number of Topliss-reactive ketones (excluding diaryl/α,β-unsaturated/α-hetero) is 1. The molecule has 0 N–H and O–H groups in total. The fourth-order valence-electron chi connectivity index (χ4n) is 1.89. The van der Waals surface area contributed by atoms with E-state index in [-0.39, 0.29) is 19.0 Å². The summed E-state index contributed by atoms with van der Waals surface area (Å²) in [4.78, 5) is 23.6. The number of halogens is 1. The first-order valence-corrected chi connectivity index (χ1v) is 8.18. The molecule has 24 heavy (non-hydrogen) atoms. The monoisotopic (exact) mass is 392 g/mol. The maximum Gasteiger partial charge on any atom is 0.344 e. The largest absolute Gasteiger partial charge is 0.490 e. The number of hydrogen-bond acceptors (Lipinski definition) is 5. The Hall–Kier alpha value is -2.34. The Morgan fingerprint density at radius 1 is 0.917 bits per heavy atom. The fourth-order valence-corrected chi connectivity index (χ4v) is 2.15. The lowest BCUT2D eigenvalue weighted by molar-refractivity contribution is -0.144. The Bertz CT molecular complexity index is 697. The van der Waals surface area contributed by atoms with E-state index in [0.29, 0.717) is 23.7 Å². The van der Waals surface area contributed by atoms with Crippen molar-refractivity contribution in [2.75, 3.05) is 19.8 Å². The van der Waals surface area contributed by atoms with Gasteiger partial charge >= 0.3 is 5.97 Å². The van der Waals surface area contributed by atoms with Gasteiger partial charge in [-0.15, -0.1) is 0 Å². The van der Waals surface area contributed by atoms with Gasteiger partial charge in [-0.25, -0.2) is 4.79 Å². The van der Waals surface area contributed by atoms with Crippen molar-refractivity contribution < 1.29 is 23.8 Å². The Balaban J connectivity index is 1.81. The molecule has 0 atom stereocenters. The molecule has 0 fully saturated rings. The molecule has 0 radical (unpaired) electrons. The third-order valence-corrected chi connectivity index (χ3v) is 3.55. The van der Waals surface area contributed by atoms with Gasteiger partial charge in [0.15, 0.2) is 30.5 Å². The van der Waals surface area contributed by atoms with E-state index < -0.39 is 5.97 Å². The topological polar surface area (TPSA) is 61.8 Å². The van der Waals surface area contributed by atoms with Crippen LogP contribution in [-0.2, 0) is 9.53 Å². The van der Waals surface area contributed by atoms with Crippen molar-refractivity contribution in [1.82, 2.24) is 0 Å². The highest BCUT2D eigenvalue weighted by Gasteiger charge is 2.12. The first kappa shape index (κ1) is 18.0. The molecule has 0 amide bonds. The summed E-state index contributed by atoms with van der Waals surface area (Å²) in [5, 5.41) is 0. The van der Waals surface area contributed by atoms with Gasteiger partial charge in [0.25, 0.3) is 0 Å². The molecular weight excluding hydrogens is 376 g/mol. The SMILES string of the molecule is CCOc1ccccc1OCC(=O)OCC(=O)c1ccc(Br)cc1. The second-order valence-electron chi connectivity index (χ2n) is 4.76. The number of esters is 1. The van der Waals surface area contributed by atoms with E-state index in [9.17, 15) is 9.59 Å². The number of rotatable bonds is 8. The van der Waals surface area contributed by atoms with E-state index in [1.54, 1.807) is 42.5 Å². The minimum atomic E-state index is -0.619. The third kappa shape index (κ3) is 5.38. The standard InChI is InChI=1S/C18H17BrO5/c1-2-22-16-5-3-4-6-17(16)23-12-18(21)24-11-15(20)13-7-9-14(19)10-8-13/h3-10H,2,11-12H2,1H3. The van der Waals surface area contributed by atoms with E-state index in [4.69, 9.17) is 14.2 Å². The zero-order valence-corrected chi connectivity index (χ0v) is 14.7. The van der Waals surface area contributed by atoms with E-state index in [0.717, 1.165) is 4.47 Å². The third-order valence-electron chi connectivity index (χ3n) is 3.02. The lowest BCUT2D eigenvalue weighted by Crippen LogP contribution is -2.19. The van der Waals surface area contributed by atoms with Gasteiger partial charge in [0.05, 0.1) is 6.61 Å². The normalized spacial score (nSPS) is 10.1. The van der Waals surface area contributed by atoms with Crippen LogP contribution in [0.4, 0.5) is 0 Å². The van der Waals surface area contributed by atoms with Gasteiger partial charge in [-0.1, -0.05) is 40.2 Å². The maximum atomic E-state index is 11.9. The number of hydrogen-bond donors (Lipinski definition) is 0. The van der Waals surface area contributed by atoms with Crippen molar-refractivity contribution in [2.24, 2.45) is 0 Å². The van der Waals surface area contributed by atoms with Crippen LogP contribution in [0.3, 0.4) is 0 Å². The van der Waals surface area contributed by atoms with Crippen molar-refractivity contribution >= 4 is 27.7 Å². The van der Waals surface area contributed by atoms with Crippen LogP contribution in [0, 0.1) is 0 Å². The smallest absolute Gasteiger partial charge is 0.344 e. The van der Waals surface area contributed by atoms with E-state index in [1.807, 2.05) is 13.0 Å². The summed E-state index contributed by atoms with van der Waals surface area (Å²) in [6.45, 7) is 1.74. The summed E-state index contributed by atoms with van der Waals surface area (Å²) in [6.07, 6.45) is 0. The van der Waals surface area contributed by atoms with Gasteiger partial charge in [0.2, 0.25) is 0 Å². The zero-order valence-electron chi connectivity index (χ0n) is 13.2. The van der Waals surface area contributed by atoms with Gasteiger partial charge < -0.3 is 14.2 Å². The second-order valence-corrected chi connectivity index (χ2v) is 5.67. The molecule has 6 heteroatoms. The van der Waals surface area contributed by atoms with Crippen molar-refractivity contribution in [3.63, 3.8) is 0 Å². The average Bonchev–Trinajstić information content (AvgIpc) is 2.60. The van der Waals surface area contributed by atoms with Crippen molar-refractivity contribution in [2.45, 2.75) is 6.92 Å². The Morgan fingerprint density at radius 2 is 1.54 bits per heavy atom. The average molecular weight is 393 g/mol. The van der Waals surface area contributed by atoms with Gasteiger partial charge in [0, 0.05) is 10.0 Å². The summed E-state index contributed by atoms with van der Waals surface area (Å²) in [5.41, 5.74) is 0.480. The molecule has 0 unspecified atom stereocenters. The van der Waals surface area contributed by atoms with Gasteiger partial charge in [-0.3, -0.25) is 4.79 Å². The molecule has 0 saturated carbocycles.